The van der Waals surface area contributed by atoms with E-state index in [2.05, 4.69) is 4.74 Å². The maximum atomic E-state index is 10.5. The van der Waals surface area contributed by atoms with Gasteiger partial charge in [0.15, 0.2) is 0 Å². The summed E-state index contributed by atoms with van der Waals surface area (Å²) in [6, 6.07) is 0. The molecule has 5 heteroatoms. The lowest BCUT2D eigenvalue weighted by Gasteiger charge is -2.08. The number of esters is 1. The average Bonchev–Trinajstić information content (AvgIpc) is 1.84. The van der Waals surface area contributed by atoms with Gasteiger partial charge in [0.2, 0.25) is 6.10 Å². The molecule has 0 saturated heterocycles. The van der Waals surface area contributed by atoms with Crippen molar-refractivity contribution in [3.05, 3.63) is 0 Å². The standard InChI is InChI=1S/C6H10O5/c1-3(2)11-6(10)4(7)5(8)9/h3-4,7H,1-2H3,(H,8,9). The van der Waals surface area contributed by atoms with Crippen molar-refractivity contribution in [2.45, 2.75) is 26.1 Å². The molecule has 0 bridgehead atoms. The van der Waals surface area contributed by atoms with Gasteiger partial charge in [0.05, 0.1) is 6.10 Å². The number of aliphatic carboxylic acids is 1. The van der Waals surface area contributed by atoms with Crippen molar-refractivity contribution < 1.29 is 24.5 Å². The molecule has 2 N–H and O–H groups in total. The van der Waals surface area contributed by atoms with Gasteiger partial charge in [-0.3, -0.25) is 0 Å². The predicted molar refractivity (Wildman–Crippen MR) is 34.9 cm³/mol. The minimum atomic E-state index is -2.07. The fraction of sp³-hybridized carbons (Fsp3) is 0.667. The molecule has 0 aliphatic heterocycles. The molecule has 0 rings (SSSR count). The molecule has 1 unspecified atom stereocenters. The van der Waals surface area contributed by atoms with E-state index < -0.39 is 24.1 Å². The van der Waals surface area contributed by atoms with Gasteiger partial charge in [-0.15, -0.1) is 0 Å². The van der Waals surface area contributed by atoms with Gasteiger partial charge in [-0.1, -0.05) is 0 Å². The number of carboxylic acid groups (broad SMARTS) is 1. The van der Waals surface area contributed by atoms with Gasteiger partial charge >= 0.3 is 11.9 Å². The van der Waals surface area contributed by atoms with Crippen LogP contribution in [0.4, 0.5) is 0 Å². The lowest BCUT2D eigenvalue weighted by atomic mass is 10.3. The molecule has 5 nitrogen and oxygen atoms in total. The highest BCUT2D eigenvalue weighted by Gasteiger charge is 2.25. The zero-order valence-corrected chi connectivity index (χ0v) is 6.27. The first-order valence-electron chi connectivity index (χ1n) is 3.06. The fourth-order valence-electron chi connectivity index (χ4n) is 0.398. The normalized spacial score (nSPS) is 12.7. The summed E-state index contributed by atoms with van der Waals surface area (Å²) in [5.74, 6) is -2.73. The second kappa shape index (κ2) is 3.92. The van der Waals surface area contributed by atoms with Crippen molar-refractivity contribution in [3.63, 3.8) is 0 Å². The van der Waals surface area contributed by atoms with Gasteiger partial charge in [0, 0.05) is 0 Å². The second-order valence-corrected chi connectivity index (χ2v) is 2.23. The van der Waals surface area contributed by atoms with E-state index in [1.54, 1.807) is 13.8 Å². The van der Waals surface area contributed by atoms with Gasteiger partial charge in [0.1, 0.15) is 0 Å². The molecule has 0 aromatic rings. The SMILES string of the molecule is CC(C)OC(=O)C(O)C(=O)O. The summed E-state index contributed by atoms with van der Waals surface area (Å²) in [7, 11) is 0. The summed E-state index contributed by atoms with van der Waals surface area (Å²) < 4.78 is 4.40. The topological polar surface area (TPSA) is 83.8 Å². The van der Waals surface area contributed by atoms with Crippen LogP contribution in [0.2, 0.25) is 0 Å². The van der Waals surface area contributed by atoms with Crippen LogP contribution < -0.4 is 0 Å². The summed E-state index contributed by atoms with van der Waals surface area (Å²) >= 11 is 0. The number of carboxylic acids is 1. The third-order valence-corrected chi connectivity index (χ3v) is 0.809. The average molecular weight is 162 g/mol. The third kappa shape index (κ3) is 3.57. The molecule has 0 aromatic carbocycles. The summed E-state index contributed by atoms with van der Waals surface area (Å²) in [5, 5.41) is 16.7. The summed E-state index contributed by atoms with van der Waals surface area (Å²) in [5.41, 5.74) is 0. The summed E-state index contributed by atoms with van der Waals surface area (Å²) in [4.78, 5) is 20.5. The van der Waals surface area contributed by atoms with Crippen molar-refractivity contribution in [1.29, 1.82) is 0 Å². The quantitative estimate of drug-likeness (QED) is 0.427. The van der Waals surface area contributed by atoms with Gasteiger partial charge in [-0.05, 0) is 13.8 Å². The molecule has 0 aromatic heterocycles. The van der Waals surface area contributed by atoms with E-state index in [1.165, 1.54) is 0 Å². The molecule has 11 heavy (non-hydrogen) atoms. The molecular formula is C6H10O5. The largest absolute Gasteiger partial charge is 0.479 e. The number of hydrogen-bond donors (Lipinski definition) is 2. The molecule has 64 valence electrons. The molecule has 0 fully saturated rings. The van der Waals surface area contributed by atoms with Crippen LogP contribution in [0.3, 0.4) is 0 Å². The number of carbonyl (C=O) groups excluding carboxylic acids is 1. The zero-order valence-electron chi connectivity index (χ0n) is 6.27. The van der Waals surface area contributed by atoms with E-state index in [0.717, 1.165) is 0 Å². The van der Waals surface area contributed by atoms with Crippen LogP contribution in [-0.2, 0) is 14.3 Å². The van der Waals surface area contributed by atoms with E-state index in [1.807, 2.05) is 0 Å². The van der Waals surface area contributed by atoms with Gasteiger partial charge < -0.3 is 14.9 Å². The highest BCUT2D eigenvalue weighted by molar-refractivity contribution is 5.96. The van der Waals surface area contributed by atoms with Gasteiger partial charge in [-0.2, -0.15) is 0 Å². The highest BCUT2D eigenvalue weighted by atomic mass is 16.6. The maximum absolute atomic E-state index is 10.5. The smallest absolute Gasteiger partial charge is 0.347 e. The summed E-state index contributed by atoms with van der Waals surface area (Å²) in [6.45, 7) is 3.12. The second-order valence-electron chi connectivity index (χ2n) is 2.23. The van der Waals surface area contributed by atoms with Crippen LogP contribution in [0.5, 0.6) is 0 Å². The van der Waals surface area contributed by atoms with Crippen LogP contribution in [0.25, 0.3) is 0 Å². The Morgan fingerprint density at radius 3 is 2.09 bits per heavy atom. The minimum absolute atomic E-state index is 0.420. The first kappa shape index (κ1) is 9.90. The van der Waals surface area contributed by atoms with Crippen LogP contribution >= 0.6 is 0 Å². The summed E-state index contributed by atoms with van der Waals surface area (Å²) in [6.07, 6.45) is -2.49. The number of carbonyl (C=O) groups is 2. The molecule has 0 heterocycles. The third-order valence-electron chi connectivity index (χ3n) is 0.809. The molecule has 0 spiro atoms. The first-order valence-corrected chi connectivity index (χ1v) is 3.06. The molecule has 0 radical (unpaired) electrons. The van der Waals surface area contributed by atoms with E-state index in [-0.39, 0.29) is 0 Å². The highest BCUT2D eigenvalue weighted by Crippen LogP contribution is 1.93. The Morgan fingerprint density at radius 1 is 1.36 bits per heavy atom. The lowest BCUT2D eigenvalue weighted by molar-refractivity contribution is -0.167. The van der Waals surface area contributed by atoms with E-state index >= 15 is 0 Å². The Kier molecular flexibility index (Phi) is 3.53. The monoisotopic (exact) mass is 162 g/mol. The Balaban J connectivity index is 3.93. The van der Waals surface area contributed by atoms with Gasteiger partial charge in [0.25, 0.3) is 0 Å². The van der Waals surface area contributed by atoms with Crippen molar-refractivity contribution in [2.75, 3.05) is 0 Å². The van der Waals surface area contributed by atoms with E-state index in [0.29, 0.717) is 0 Å². The molecule has 0 aliphatic rings. The Morgan fingerprint density at radius 2 is 1.82 bits per heavy atom. The van der Waals surface area contributed by atoms with Crippen molar-refractivity contribution in [1.82, 2.24) is 0 Å². The Labute approximate surface area is 63.6 Å². The van der Waals surface area contributed by atoms with Crippen LogP contribution in [-0.4, -0.2) is 34.4 Å². The zero-order chi connectivity index (χ0) is 9.02. The number of rotatable bonds is 3. The van der Waals surface area contributed by atoms with Crippen LogP contribution in [0, 0.1) is 0 Å². The molecule has 1 atom stereocenters. The van der Waals surface area contributed by atoms with Crippen LogP contribution in [0.15, 0.2) is 0 Å². The fourth-order valence-corrected chi connectivity index (χ4v) is 0.398. The van der Waals surface area contributed by atoms with Crippen molar-refractivity contribution >= 4 is 11.9 Å². The predicted octanol–water partition coefficient (Wildman–Crippen LogP) is -0.616. The maximum Gasteiger partial charge on any atom is 0.347 e. The van der Waals surface area contributed by atoms with E-state index in [4.69, 9.17) is 10.2 Å². The number of aliphatic hydroxyl groups excluding tert-OH is 1. The lowest BCUT2D eigenvalue weighted by Crippen LogP contribution is -2.32. The first-order chi connectivity index (χ1) is 4.95. The molecule has 0 aliphatic carbocycles. The number of ether oxygens (including phenoxy) is 1. The number of aliphatic hydroxyl groups is 1. The number of hydrogen-bond acceptors (Lipinski definition) is 4. The Hall–Kier alpha value is -1.10. The Bertz CT molecular complexity index is 162. The molecular weight excluding hydrogens is 152 g/mol. The van der Waals surface area contributed by atoms with Crippen molar-refractivity contribution in [2.24, 2.45) is 0 Å². The van der Waals surface area contributed by atoms with Gasteiger partial charge in [-0.25, -0.2) is 9.59 Å². The van der Waals surface area contributed by atoms with E-state index in [9.17, 15) is 9.59 Å². The van der Waals surface area contributed by atoms with Crippen LogP contribution in [0.1, 0.15) is 13.8 Å². The molecule has 0 saturated carbocycles. The van der Waals surface area contributed by atoms with Crippen molar-refractivity contribution in [3.8, 4) is 0 Å². The molecule has 0 amide bonds. The minimum Gasteiger partial charge on any atom is -0.479 e.